The summed E-state index contributed by atoms with van der Waals surface area (Å²) in [5.41, 5.74) is 2.97. The van der Waals surface area contributed by atoms with Gasteiger partial charge in [-0.05, 0) is 62.0 Å². The largest absolute Gasteiger partial charge is 0.303 e. The van der Waals surface area contributed by atoms with Gasteiger partial charge in [0.1, 0.15) is 5.65 Å². The first-order valence-corrected chi connectivity index (χ1v) is 8.28. The molecule has 2 aromatic rings. The van der Waals surface area contributed by atoms with Gasteiger partial charge in [-0.25, -0.2) is 0 Å². The Kier molecular flexibility index (Phi) is 2.38. The van der Waals surface area contributed by atoms with E-state index in [1.54, 1.807) is 0 Å². The van der Waals surface area contributed by atoms with Crippen molar-refractivity contribution < 1.29 is 0 Å². The Bertz CT molecular complexity index is 798. The molecule has 2 unspecified atom stereocenters. The first-order valence-electron chi connectivity index (χ1n) is 7.90. The van der Waals surface area contributed by atoms with Crippen molar-refractivity contribution in [1.82, 2.24) is 9.38 Å². The van der Waals surface area contributed by atoms with Crippen LogP contribution < -0.4 is 5.56 Å². The third-order valence-corrected chi connectivity index (χ3v) is 6.03. The average Bonchev–Trinajstić information content (AvgIpc) is 2.62. The van der Waals surface area contributed by atoms with Gasteiger partial charge in [0.05, 0.1) is 5.02 Å². The van der Waals surface area contributed by atoms with Crippen molar-refractivity contribution in [3.05, 3.63) is 45.0 Å². The molecule has 2 fully saturated rings. The zero-order valence-corrected chi connectivity index (χ0v) is 12.5. The number of nitrogens with zero attached hydrogens (tertiary/aromatic N) is 2. The number of hydrogen-bond acceptors (Lipinski definition) is 2. The second-order valence-electron chi connectivity index (χ2n) is 7.10. The number of aromatic nitrogens is 2. The lowest BCUT2D eigenvalue weighted by Gasteiger charge is -2.38. The molecule has 21 heavy (non-hydrogen) atoms. The molecule has 2 saturated carbocycles. The molecule has 0 aliphatic heterocycles. The van der Waals surface area contributed by atoms with Crippen LogP contribution in [0.5, 0.6) is 0 Å². The quantitative estimate of drug-likeness (QED) is 0.743. The van der Waals surface area contributed by atoms with Crippen LogP contribution in [-0.4, -0.2) is 9.38 Å². The molecular weight excluding hydrogens is 284 g/mol. The molecule has 4 heteroatoms. The Balaban J connectivity index is 1.89. The summed E-state index contributed by atoms with van der Waals surface area (Å²) in [6, 6.07) is 3.68. The summed E-state index contributed by atoms with van der Waals surface area (Å²) in [6.07, 6.45) is 8.14. The highest BCUT2D eigenvalue weighted by Gasteiger charge is 2.44. The molecule has 4 bridgehead atoms. The van der Waals surface area contributed by atoms with Gasteiger partial charge in [-0.3, -0.25) is 4.79 Å². The molecular formula is C17H17ClN2O. The van der Waals surface area contributed by atoms with E-state index in [1.165, 1.54) is 37.8 Å². The second kappa shape index (κ2) is 4.10. The van der Waals surface area contributed by atoms with Gasteiger partial charge in [0.2, 0.25) is 0 Å². The highest BCUT2D eigenvalue weighted by Crippen LogP contribution is 2.55. The fraction of sp³-hybridized carbons (Fsp3) is 0.529. The zero-order chi connectivity index (χ0) is 14.1. The lowest BCUT2D eigenvalue weighted by Crippen LogP contribution is -2.26. The number of hydrogen-bond donors (Lipinski definition) is 0. The Morgan fingerprint density at radius 1 is 1.05 bits per heavy atom. The van der Waals surface area contributed by atoms with E-state index in [0.29, 0.717) is 16.9 Å². The average molecular weight is 301 g/mol. The monoisotopic (exact) mass is 300 g/mol. The smallest absolute Gasteiger partial charge is 0.276 e. The molecule has 0 aromatic carbocycles. The van der Waals surface area contributed by atoms with E-state index in [4.69, 9.17) is 11.6 Å². The minimum Gasteiger partial charge on any atom is -0.303 e. The Morgan fingerprint density at radius 3 is 2.52 bits per heavy atom. The lowest BCUT2D eigenvalue weighted by molar-refractivity contribution is 0.164. The predicted octanol–water partition coefficient (Wildman–Crippen LogP) is 3.74. The molecule has 0 amide bonds. The van der Waals surface area contributed by atoms with E-state index in [-0.39, 0.29) is 5.56 Å². The van der Waals surface area contributed by atoms with E-state index in [0.717, 1.165) is 23.0 Å². The van der Waals surface area contributed by atoms with E-state index in [9.17, 15) is 4.79 Å². The maximum absolute atomic E-state index is 12.6. The van der Waals surface area contributed by atoms with Crippen molar-refractivity contribution in [3.8, 4) is 0 Å². The number of rotatable bonds is 0. The van der Waals surface area contributed by atoms with E-state index < -0.39 is 0 Å². The first-order chi connectivity index (χ1) is 10.2. The van der Waals surface area contributed by atoms with Crippen molar-refractivity contribution in [3.63, 3.8) is 0 Å². The molecule has 6 rings (SSSR count). The van der Waals surface area contributed by atoms with Gasteiger partial charge in [-0.2, -0.15) is 4.98 Å². The Labute approximate surface area is 128 Å². The van der Waals surface area contributed by atoms with Crippen LogP contribution in [0.15, 0.2) is 23.1 Å². The molecule has 0 spiro atoms. The van der Waals surface area contributed by atoms with Crippen LogP contribution in [-0.2, 0) is 0 Å². The Hall–Kier alpha value is -1.35. The van der Waals surface area contributed by atoms with Crippen molar-refractivity contribution in [1.29, 1.82) is 0 Å². The summed E-state index contributed by atoms with van der Waals surface area (Å²) >= 11 is 6.20. The normalized spacial score (nSPS) is 33.2. The molecule has 3 nitrogen and oxygen atoms in total. The minimum atomic E-state index is 0.00511. The van der Waals surface area contributed by atoms with Crippen molar-refractivity contribution >= 4 is 17.2 Å². The highest BCUT2D eigenvalue weighted by atomic mass is 35.5. The van der Waals surface area contributed by atoms with Crippen molar-refractivity contribution in [2.75, 3.05) is 0 Å². The second-order valence-corrected chi connectivity index (χ2v) is 7.53. The summed E-state index contributed by atoms with van der Waals surface area (Å²) in [7, 11) is 0. The maximum Gasteiger partial charge on any atom is 0.276 e. The molecule has 2 atom stereocenters. The number of pyridine rings is 1. The first kappa shape index (κ1) is 12.2. The van der Waals surface area contributed by atoms with Gasteiger partial charge < -0.3 is 4.40 Å². The third kappa shape index (κ3) is 1.67. The van der Waals surface area contributed by atoms with Gasteiger partial charge in [-0.1, -0.05) is 11.6 Å². The molecule has 108 valence electrons. The third-order valence-electron chi connectivity index (χ3n) is 5.81. The highest BCUT2D eigenvalue weighted by molar-refractivity contribution is 6.30. The van der Waals surface area contributed by atoms with Gasteiger partial charge in [0, 0.05) is 23.4 Å². The molecule has 0 N–H and O–H groups in total. The van der Waals surface area contributed by atoms with Gasteiger partial charge >= 0.3 is 0 Å². The fourth-order valence-corrected chi connectivity index (χ4v) is 5.43. The number of halogens is 1. The predicted molar refractivity (Wildman–Crippen MR) is 82.0 cm³/mol. The molecule has 0 saturated heterocycles. The van der Waals surface area contributed by atoms with Crippen molar-refractivity contribution in [2.45, 2.75) is 43.9 Å². The number of fused-ring (bicyclic) bond motifs is 1. The minimum absolute atomic E-state index is 0.00511. The maximum atomic E-state index is 12.6. The van der Waals surface area contributed by atoms with E-state index in [2.05, 4.69) is 9.38 Å². The van der Waals surface area contributed by atoms with Gasteiger partial charge in [0.15, 0.2) is 0 Å². The van der Waals surface area contributed by atoms with Crippen LogP contribution in [0.4, 0.5) is 0 Å². The van der Waals surface area contributed by atoms with Gasteiger partial charge in [0.25, 0.3) is 5.56 Å². The summed E-state index contributed by atoms with van der Waals surface area (Å²) in [4.78, 5) is 16.9. The topological polar surface area (TPSA) is 34.4 Å². The van der Waals surface area contributed by atoms with Crippen LogP contribution in [0.1, 0.15) is 55.2 Å². The summed E-state index contributed by atoms with van der Waals surface area (Å²) in [6.45, 7) is 0. The molecule has 2 heterocycles. The van der Waals surface area contributed by atoms with Crippen LogP contribution in [0.25, 0.3) is 5.65 Å². The fourth-order valence-electron chi connectivity index (χ4n) is 5.26. The van der Waals surface area contributed by atoms with Crippen molar-refractivity contribution in [2.24, 2.45) is 11.8 Å². The molecule has 4 aliphatic carbocycles. The van der Waals surface area contributed by atoms with Crippen LogP contribution >= 0.6 is 11.6 Å². The standard InChI is InChI=1S/C17H17ClN2O/c18-13-1-2-14-19-17(21)15-11-4-9-3-10(5-11)7-12(6-9)16(15)20(14)8-13/h1-2,8-12H,3-7H2. The lowest BCUT2D eigenvalue weighted by atomic mass is 9.67. The summed E-state index contributed by atoms with van der Waals surface area (Å²) in [5.74, 6) is 2.54. The SMILES string of the molecule is O=c1nc2ccc(Cl)cn2c2c1C1CC3CC(C1)CC2C3. The van der Waals surface area contributed by atoms with E-state index in [1.807, 2.05) is 18.3 Å². The van der Waals surface area contributed by atoms with Crippen LogP contribution in [0, 0.1) is 11.8 Å². The Morgan fingerprint density at radius 2 is 1.76 bits per heavy atom. The zero-order valence-electron chi connectivity index (χ0n) is 11.8. The van der Waals surface area contributed by atoms with Crippen LogP contribution in [0.2, 0.25) is 5.02 Å². The van der Waals surface area contributed by atoms with Crippen LogP contribution in [0.3, 0.4) is 0 Å². The summed E-state index contributed by atoms with van der Waals surface area (Å²) in [5, 5.41) is 0.708. The molecule has 4 aliphatic rings. The van der Waals surface area contributed by atoms with E-state index >= 15 is 0 Å². The van der Waals surface area contributed by atoms with Gasteiger partial charge in [-0.15, -0.1) is 0 Å². The molecule has 0 radical (unpaired) electrons. The molecule has 2 aromatic heterocycles. The summed E-state index contributed by atoms with van der Waals surface area (Å²) < 4.78 is 2.10.